The molecule has 3 aliphatic heterocycles. The fourth-order valence-corrected chi connectivity index (χ4v) is 15.6. The number of benzene rings is 1. The monoisotopic (exact) mass is 1840 g/mol. The highest BCUT2D eigenvalue weighted by molar-refractivity contribution is 9.10. The Morgan fingerprint density at radius 1 is 0.537 bits per heavy atom. The van der Waals surface area contributed by atoms with E-state index < -0.39 is 18.2 Å². The van der Waals surface area contributed by atoms with Gasteiger partial charge in [-0.1, -0.05) is 0 Å². The van der Waals surface area contributed by atoms with Crippen LogP contribution in [0.3, 0.4) is 0 Å². The molecule has 10 heterocycles. The van der Waals surface area contributed by atoms with Crippen molar-refractivity contribution < 1.29 is 91.4 Å². The minimum absolute atomic E-state index is 0.0174. The summed E-state index contributed by atoms with van der Waals surface area (Å²) >= 11 is 6.58. The van der Waals surface area contributed by atoms with Gasteiger partial charge in [0.25, 0.3) is 5.69 Å². The lowest BCUT2D eigenvalue weighted by molar-refractivity contribution is -0.384. The summed E-state index contributed by atoms with van der Waals surface area (Å²) < 4.78 is 70.4. The minimum atomic E-state index is -0.961. The number of nitrogens with one attached hydrogen (secondary N) is 1. The molecule has 6 fully saturated rings. The number of non-ortho nitro benzene ring substituents is 1. The molecule has 33 nitrogen and oxygen atoms in total. The number of carbonyl (C=O) groups excluding carboxylic acids is 4. The van der Waals surface area contributed by atoms with Crippen molar-refractivity contribution >= 4 is 74.2 Å². The SMILES string of the molecule is C1CC2CNCC1O2.Cc1nc(-c2cnn(C)c2CO)ccc1O[C@H]1CCC[C@H](C(=O)OC(C)C)C1.Cc1nc(-c2cnn(C)c2COC(=O)Oc2ccc([N+](=O)[O-])cc2)ccc1O[C@H]1CCC[C@H](C(=O)OC(C)C)C1.Cc1nc(Br)ccc1O[C@H]1CCC[C@H](C(=O)OC(C)C)C1.Cn1ncc(B2OC(C)(C)C(C)(C)O2)c1CO.Cn1ncc(Br)c1CO. The molecule has 14 rings (SSSR count). The number of pyridine rings is 3. The Morgan fingerprint density at radius 3 is 1.33 bits per heavy atom. The van der Waals surface area contributed by atoms with Gasteiger partial charge >= 0.3 is 31.2 Å². The Morgan fingerprint density at radius 2 is 0.935 bits per heavy atom. The zero-order chi connectivity index (χ0) is 89.6. The van der Waals surface area contributed by atoms with E-state index in [1.165, 1.54) is 37.1 Å². The third-order valence-corrected chi connectivity index (χ3v) is 23.2. The molecule has 1 aromatic carbocycles. The lowest BCUT2D eigenvalue weighted by Gasteiger charge is -2.32. The van der Waals surface area contributed by atoms with E-state index in [1.54, 1.807) is 71.7 Å². The summed E-state index contributed by atoms with van der Waals surface area (Å²) in [7, 11) is 6.63. The topological polar surface area (TPSA) is 396 Å². The number of esters is 3. The van der Waals surface area contributed by atoms with Crippen LogP contribution in [0.15, 0.2) is 94.5 Å². The Hall–Kier alpha value is -9.27. The quantitative estimate of drug-likeness (QED) is 0.00931. The van der Waals surface area contributed by atoms with Gasteiger partial charge in [0.2, 0.25) is 0 Å². The van der Waals surface area contributed by atoms with Crippen molar-refractivity contribution in [3.05, 3.63) is 144 Å². The van der Waals surface area contributed by atoms with Gasteiger partial charge in [0.15, 0.2) is 0 Å². The minimum Gasteiger partial charge on any atom is -0.489 e. The van der Waals surface area contributed by atoms with Gasteiger partial charge in [0, 0.05) is 76.2 Å². The number of rotatable bonds is 22. The number of aryl methyl sites for hydroxylation is 7. The molecule has 6 aliphatic rings. The second-order valence-electron chi connectivity index (χ2n) is 33.1. The Balaban J connectivity index is 0.000000180. The van der Waals surface area contributed by atoms with E-state index in [4.69, 9.17) is 62.0 Å². The van der Waals surface area contributed by atoms with E-state index >= 15 is 0 Å². The summed E-state index contributed by atoms with van der Waals surface area (Å²) in [5.74, 6) is 1.57. The number of carbonyl (C=O) groups is 4. The van der Waals surface area contributed by atoms with Gasteiger partial charge in [0.05, 0.1) is 177 Å². The number of nitro benzene ring substituents is 1. The largest absolute Gasteiger partial charge is 0.514 e. The highest BCUT2D eigenvalue weighted by Crippen LogP contribution is 2.39. The number of hydrogen-bond donors (Lipinski definition) is 4. The van der Waals surface area contributed by atoms with Crippen LogP contribution in [0, 0.1) is 48.6 Å². The molecule has 123 heavy (non-hydrogen) atoms. The van der Waals surface area contributed by atoms with Crippen LogP contribution in [0.25, 0.3) is 22.5 Å². The third-order valence-electron chi connectivity index (χ3n) is 22.1. The van der Waals surface area contributed by atoms with Gasteiger partial charge in [0.1, 0.15) is 34.2 Å². The molecule has 3 aliphatic carbocycles. The van der Waals surface area contributed by atoms with Crippen LogP contribution < -0.4 is 29.7 Å². The molecule has 0 spiro atoms. The fourth-order valence-electron chi connectivity index (χ4n) is 14.8. The van der Waals surface area contributed by atoms with E-state index in [2.05, 4.69) is 67.5 Å². The molecule has 670 valence electrons. The van der Waals surface area contributed by atoms with Crippen LogP contribution in [-0.4, -0.2) is 179 Å². The lowest BCUT2D eigenvalue weighted by Crippen LogP contribution is -2.41. The Kier molecular flexibility index (Phi) is 36.1. The molecule has 3 saturated carbocycles. The molecule has 36 heteroatoms. The number of aromatic nitrogens is 11. The molecular weight excluding hydrogens is 1720 g/mol. The predicted octanol–water partition coefficient (Wildman–Crippen LogP) is 13.5. The number of halogens is 2. The maximum Gasteiger partial charge on any atom is 0.514 e. The maximum atomic E-state index is 12.4. The summed E-state index contributed by atoms with van der Waals surface area (Å²) in [4.78, 5) is 72.7. The van der Waals surface area contributed by atoms with Crippen molar-refractivity contribution in [3.8, 4) is 45.5 Å². The van der Waals surface area contributed by atoms with Gasteiger partial charge in [-0.25, -0.2) is 19.7 Å². The summed E-state index contributed by atoms with van der Waals surface area (Å²) in [6, 6.07) is 16.3. The molecule has 4 N–H and O–H groups in total. The number of nitrogens with zero attached hydrogens (tertiary/aromatic N) is 12. The number of aliphatic hydroxyl groups excluding tert-OH is 3. The molecule has 0 radical (unpaired) electrons. The summed E-state index contributed by atoms with van der Waals surface area (Å²) in [5.41, 5.74) is 7.96. The van der Waals surface area contributed by atoms with Crippen molar-refractivity contribution in [1.82, 2.24) is 59.4 Å². The number of nitro groups is 1. The summed E-state index contributed by atoms with van der Waals surface area (Å²) in [6.45, 7) is 26.8. The van der Waals surface area contributed by atoms with Crippen molar-refractivity contribution in [2.45, 2.75) is 266 Å². The van der Waals surface area contributed by atoms with E-state index in [0.717, 1.165) is 143 Å². The van der Waals surface area contributed by atoms with Crippen LogP contribution in [0.5, 0.6) is 23.0 Å². The van der Waals surface area contributed by atoms with Crippen molar-refractivity contribution in [1.29, 1.82) is 0 Å². The first-order valence-corrected chi connectivity index (χ1v) is 43.5. The smallest absolute Gasteiger partial charge is 0.489 e. The number of aliphatic hydroxyl groups is 3. The summed E-state index contributed by atoms with van der Waals surface area (Å²) in [6.07, 6.45) is 19.1. The Bertz CT molecular complexity index is 4750. The van der Waals surface area contributed by atoms with Crippen molar-refractivity contribution in [2.24, 2.45) is 45.9 Å². The molecule has 8 atom stereocenters. The second-order valence-corrected chi connectivity index (χ2v) is 34.8. The zero-order valence-corrected chi connectivity index (χ0v) is 76.7. The molecule has 7 aromatic heterocycles. The predicted molar refractivity (Wildman–Crippen MR) is 464 cm³/mol. The number of hydrogen-bond acceptors (Lipinski definition) is 28. The number of ether oxygens (including phenoxy) is 9. The zero-order valence-electron chi connectivity index (χ0n) is 73.6. The third kappa shape index (κ3) is 27.9. The van der Waals surface area contributed by atoms with Crippen LogP contribution >= 0.6 is 31.9 Å². The standard InChI is InChI=1S/C28H32N4O8.C21H29N3O4.C16H22BrNO3.C11H19BN2O3.C6H11NO.C5H7BrN2O/c1-17(2)38-27(33)19-6-5-7-22(14-19)39-26-13-12-24(30-18(26)3)23-15-29-31(4)25(23)16-37-28(34)40-21-10-8-20(9-11-21)32(35)36;1-13(2)27-21(26)15-6-5-7-16(10-15)28-20-9-8-18(23-14(20)3)17-11-22-24(4)19(17)12-25;1-10(2)20-16(19)12-5-4-6-13(9-12)21-14-7-8-15(17)18-11(14)3;1-10(2)11(3,4)17-12(16-10)8-6-13-14(5)9(8)7-15;1-2-6-4-7-3-5(1)8-6;1-8-5(3-9)4(6)2-7-8/h8-13,15,17,19,22H,5-7,14,16H2,1-4H3;8-9,11,13,15-16,25H,5-7,10,12H2,1-4H3;7-8,10,12-13H,4-6,9H2,1-3H3;6,15H,7H2,1-5H3;5-7H,1-4H2;2,9H,3H2,1H3/t19-,22-;15-,16-;12-,13-;;;/m000.../s1. The Labute approximate surface area is 736 Å². The normalized spacial score (nSPS) is 20.4. The van der Waals surface area contributed by atoms with Crippen LogP contribution in [0.4, 0.5) is 10.5 Å². The average molecular weight is 1840 g/mol. The average Bonchev–Trinajstić information content (AvgIpc) is 1.62. The first kappa shape index (κ1) is 97.5. The van der Waals surface area contributed by atoms with E-state index in [0.29, 0.717) is 53.4 Å². The molecule has 2 unspecified atom stereocenters. The highest BCUT2D eigenvalue weighted by Gasteiger charge is 2.53. The van der Waals surface area contributed by atoms with Crippen LogP contribution in [0.1, 0.15) is 199 Å². The van der Waals surface area contributed by atoms with Crippen molar-refractivity contribution in [2.75, 3.05) is 13.1 Å². The van der Waals surface area contributed by atoms with E-state index in [1.807, 2.05) is 126 Å². The van der Waals surface area contributed by atoms with Crippen molar-refractivity contribution in [3.63, 3.8) is 0 Å². The van der Waals surface area contributed by atoms with Gasteiger partial charge in [-0.05, 0) is 260 Å². The molecule has 3 saturated heterocycles. The first-order valence-electron chi connectivity index (χ1n) is 42.0. The number of fused-ring (bicyclic) bond motifs is 2. The van der Waals surface area contributed by atoms with Gasteiger partial charge in [-0.3, -0.25) is 43.2 Å². The maximum absolute atomic E-state index is 12.4. The molecule has 2 bridgehead atoms. The first-order chi connectivity index (χ1) is 58.4. The van der Waals surface area contributed by atoms with Crippen LogP contribution in [0.2, 0.25) is 0 Å². The van der Waals surface area contributed by atoms with Gasteiger partial charge in [-0.2, -0.15) is 20.4 Å². The second kappa shape index (κ2) is 45.6. The molecule has 0 amide bonds. The summed E-state index contributed by atoms with van der Waals surface area (Å²) in [5, 5.41) is 58.2. The van der Waals surface area contributed by atoms with E-state index in [-0.39, 0.29) is 121 Å². The van der Waals surface area contributed by atoms with Gasteiger partial charge < -0.3 is 72.6 Å². The lowest BCUT2D eigenvalue weighted by atomic mass is 9.79. The van der Waals surface area contributed by atoms with E-state index in [9.17, 15) is 39.5 Å². The fraction of sp³-hybridized carbons (Fsp3) is 0.575. The molecule has 8 aromatic rings. The molecular formula is C87H120BBr2N13O20. The highest BCUT2D eigenvalue weighted by atomic mass is 79.9. The van der Waals surface area contributed by atoms with Crippen LogP contribution in [-0.2, 0) is 102 Å². The van der Waals surface area contributed by atoms with Gasteiger partial charge in [-0.15, -0.1) is 0 Å². The number of morpholine rings is 1.